The van der Waals surface area contributed by atoms with Gasteiger partial charge >= 0.3 is 0 Å². The number of hydrogen-bond donors (Lipinski definition) is 0. The van der Waals surface area contributed by atoms with Gasteiger partial charge in [0.15, 0.2) is 0 Å². The predicted molar refractivity (Wildman–Crippen MR) is 77.2 cm³/mol. The van der Waals surface area contributed by atoms with Crippen molar-refractivity contribution in [1.82, 2.24) is 14.9 Å². The first-order valence-electron chi connectivity index (χ1n) is 7.59. The third-order valence-corrected chi connectivity index (χ3v) is 4.57. The summed E-state index contributed by atoms with van der Waals surface area (Å²) in [7, 11) is 0. The van der Waals surface area contributed by atoms with E-state index in [0.29, 0.717) is 0 Å². The second kappa shape index (κ2) is 5.87. The largest absolute Gasteiger partial charge is 0.338 e. The highest BCUT2D eigenvalue weighted by molar-refractivity contribution is 5.29. The molecule has 2 aliphatic rings. The van der Waals surface area contributed by atoms with E-state index in [9.17, 15) is 0 Å². The Bertz CT molecular complexity index is 386. The first-order chi connectivity index (χ1) is 9.33. The van der Waals surface area contributed by atoms with Crippen LogP contribution in [0.5, 0.6) is 0 Å². The predicted octanol–water partition coefficient (Wildman–Crippen LogP) is 2.18. The molecule has 0 aromatic carbocycles. The third-order valence-electron chi connectivity index (χ3n) is 4.57. The van der Waals surface area contributed by atoms with Crippen LogP contribution in [0.2, 0.25) is 0 Å². The highest BCUT2D eigenvalue weighted by Gasteiger charge is 2.27. The zero-order chi connectivity index (χ0) is 13.1. The van der Waals surface area contributed by atoms with E-state index in [2.05, 4.69) is 26.7 Å². The zero-order valence-corrected chi connectivity index (χ0v) is 11.8. The van der Waals surface area contributed by atoms with Gasteiger partial charge in [0.1, 0.15) is 0 Å². The summed E-state index contributed by atoms with van der Waals surface area (Å²) in [5, 5.41) is 0. The Morgan fingerprint density at radius 1 is 1.05 bits per heavy atom. The second-order valence-corrected chi connectivity index (χ2v) is 6.00. The Balaban J connectivity index is 1.54. The molecule has 3 rings (SSSR count). The fourth-order valence-electron chi connectivity index (χ4n) is 3.48. The normalized spacial score (nSPS) is 29.4. The minimum Gasteiger partial charge on any atom is -0.338 e. The van der Waals surface area contributed by atoms with E-state index in [4.69, 9.17) is 0 Å². The molecule has 1 aromatic rings. The van der Waals surface area contributed by atoms with Crippen LogP contribution in [0, 0.1) is 5.92 Å². The van der Waals surface area contributed by atoms with Gasteiger partial charge in [0.2, 0.25) is 5.95 Å². The fraction of sp³-hybridized carbons (Fsp3) is 0.733. The van der Waals surface area contributed by atoms with E-state index in [1.165, 1.54) is 25.7 Å². The zero-order valence-electron chi connectivity index (χ0n) is 11.8. The maximum atomic E-state index is 4.35. The van der Waals surface area contributed by atoms with E-state index in [1.54, 1.807) is 0 Å². The summed E-state index contributed by atoms with van der Waals surface area (Å²) in [6.07, 6.45) is 9.28. The van der Waals surface area contributed by atoms with Crippen molar-refractivity contribution in [3.63, 3.8) is 0 Å². The van der Waals surface area contributed by atoms with Gasteiger partial charge in [-0.25, -0.2) is 9.97 Å². The topological polar surface area (TPSA) is 32.3 Å². The van der Waals surface area contributed by atoms with Crippen LogP contribution >= 0.6 is 0 Å². The number of nitrogens with zero attached hydrogens (tertiary/aromatic N) is 4. The highest BCUT2D eigenvalue weighted by atomic mass is 15.3. The Kier molecular flexibility index (Phi) is 3.97. The molecular weight excluding hydrogens is 236 g/mol. The van der Waals surface area contributed by atoms with Crippen LogP contribution in [0.15, 0.2) is 18.5 Å². The third kappa shape index (κ3) is 3.06. The summed E-state index contributed by atoms with van der Waals surface area (Å²) in [5.41, 5.74) is 0. The number of anilines is 1. The molecule has 4 heteroatoms. The van der Waals surface area contributed by atoms with Crippen molar-refractivity contribution in [1.29, 1.82) is 0 Å². The smallest absolute Gasteiger partial charge is 0.225 e. The summed E-state index contributed by atoms with van der Waals surface area (Å²) >= 11 is 0. The van der Waals surface area contributed by atoms with E-state index in [0.717, 1.165) is 44.1 Å². The molecule has 0 bridgehead atoms. The minimum atomic E-state index is 0.822. The average Bonchev–Trinajstić information content (AvgIpc) is 2.48. The van der Waals surface area contributed by atoms with Gasteiger partial charge in [-0.05, 0) is 24.8 Å². The van der Waals surface area contributed by atoms with Crippen LogP contribution in [0.1, 0.15) is 32.6 Å². The Hall–Kier alpha value is -1.16. The van der Waals surface area contributed by atoms with Crippen molar-refractivity contribution in [2.45, 2.75) is 38.6 Å². The van der Waals surface area contributed by atoms with Crippen LogP contribution in [0.3, 0.4) is 0 Å². The maximum Gasteiger partial charge on any atom is 0.225 e. The number of rotatable bonds is 2. The molecule has 0 unspecified atom stereocenters. The molecule has 0 amide bonds. The number of piperazine rings is 1. The van der Waals surface area contributed by atoms with Crippen LogP contribution in [0.25, 0.3) is 0 Å². The van der Waals surface area contributed by atoms with Crippen molar-refractivity contribution in [2.75, 3.05) is 31.1 Å². The summed E-state index contributed by atoms with van der Waals surface area (Å²) in [6.45, 7) is 6.86. The minimum absolute atomic E-state index is 0.822. The van der Waals surface area contributed by atoms with Gasteiger partial charge in [-0.3, -0.25) is 4.90 Å². The molecule has 0 radical (unpaired) electrons. The first kappa shape index (κ1) is 12.9. The van der Waals surface area contributed by atoms with Gasteiger partial charge in [0.25, 0.3) is 0 Å². The van der Waals surface area contributed by atoms with Gasteiger partial charge in [0.05, 0.1) is 0 Å². The lowest BCUT2D eigenvalue weighted by molar-refractivity contribution is 0.127. The number of hydrogen-bond acceptors (Lipinski definition) is 4. The van der Waals surface area contributed by atoms with Crippen molar-refractivity contribution in [3.8, 4) is 0 Å². The first-order valence-corrected chi connectivity index (χ1v) is 7.59. The molecule has 0 spiro atoms. The van der Waals surface area contributed by atoms with Gasteiger partial charge in [-0.1, -0.05) is 19.8 Å². The SMILES string of the molecule is C[C@@H]1CCC[C@H](N2CCN(c3ncccn3)CC2)C1. The Morgan fingerprint density at radius 3 is 2.47 bits per heavy atom. The van der Waals surface area contributed by atoms with Crippen LogP contribution in [-0.4, -0.2) is 47.1 Å². The fourth-order valence-corrected chi connectivity index (χ4v) is 3.48. The lowest BCUT2D eigenvalue weighted by Gasteiger charge is -2.41. The Morgan fingerprint density at radius 2 is 1.79 bits per heavy atom. The molecule has 4 nitrogen and oxygen atoms in total. The average molecular weight is 260 g/mol. The second-order valence-electron chi connectivity index (χ2n) is 6.00. The van der Waals surface area contributed by atoms with E-state index < -0.39 is 0 Å². The molecule has 2 fully saturated rings. The quantitative estimate of drug-likeness (QED) is 0.816. The molecular formula is C15H24N4. The van der Waals surface area contributed by atoms with Crippen molar-refractivity contribution >= 4 is 5.95 Å². The molecule has 2 atom stereocenters. The highest BCUT2D eigenvalue weighted by Crippen LogP contribution is 2.28. The summed E-state index contributed by atoms with van der Waals surface area (Å²) < 4.78 is 0. The summed E-state index contributed by atoms with van der Waals surface area (Å²) in [5.74, 6) is 1.80. The molecule has 1 aliphatic heterocycles. The lowest BCUT2D eigenvalue weighted by atomic mass is 9.86. The van der Waals surface area contributed by atoms with E-state index in [1.807, 2.05) is 18.5 Å². The number of aromatic nitrogens is 2. The Labute approximate surface area is 115 Å². The summed E-state index contributed by atoms with van der Waals surface area (Å²) in [4.78, 5) is 13.7. The maximum absolute atomic E-state index is 4.35. The monoisotopic (exact) mass is 260 g/mol. The van der Waals surface area contributed by atoms with Crippen LogP contribution in [-0.2, 0) is 0 Å². The van der Waals surface area contributed by atoms with Gasteiger partial charge < -0.3 is 4.90 Å². The lowest BCUT2D eigenvalue weighted by Crippen LogP contribution is -2.51. The standard InChI is InChI=1S/C15H24N4/c1-13-4-2-5-14(12-13)18-8-10-19(11-9-18)15-16-6-3-7-17-15/h3,6-7,13-14H,2,4-5,8-12H2,1H3/t13-,14+/m1/s1. The van der Waals surface area contributed by atoms with E-state index >= 15 is 0 Å². The van der Waals surface area contributed by atoms with Crippen molar-refractivity contribution < 1.29 is 0 Å². The van der Waals surface area contributed by atoms with E-state index in [-0.39, 0.29) is 0 Å². The van der Waals surface area contributed by atoms with Gasteiger partial charge in [-0.2, -0.15) is 0 Å². The van der Waals surface area contributed by atoms with Crippen LogP contribution < -0.4 is 4.90 Å². The molecule has 19 heavy (non-hydrogen) atoms. The molecule has 104 valence electrons. The van der Waals surface area contributed by atoms with Crippen molar-refractivity contribution in [3.05, 3.63) is 18.5 Å². The summed E-state index contributed by atoms with van der Waals surface area (Å²) in [6, 6.07) is 2.70. The molecule has 1 saturated carbocycles. The van der Waals surface area contributed by atoms with Gasteiger partial charge in [-0.15, -0.1) is 0 Å². The molecule has 1 aliphatic carbocycles. The van der Waals surface area contributed by atoms with Crippen molar-refractivity contribution in [2.24, 2.45) is 5.92 Å². The molecule has 1 aromatic heterocycles. The van der Waals surface area contributed by atoms with Crippen LogP contribution in [0.4, 0.5) is 5.95 Å². The molecule has 1 saturated heterocycles. The molecule has 0 N–H and O–H groups in total. The molecule has 2 heterocycles. The van der Waals surface area contributed by atoms with Gasteiger partial charge in [0, 0.05) is 44.6 Å².